The first kappa shape index (κ1) is 21.2. The zero-order chi connectivity index (χ0) is 21.2. The summed E-state index contributed by atoms with van der Waals surface area (Å²) in [5.74, 6) is 0.971. The zero-order valence-electron chi connectivity index (χ0n) is 17.5. The van der Waals surface area contributed by atoms with Crippen molar-refractivity contribution in [3.8, 4) is 0 Å². The SMILES string of the molecule is C=c1oc(C)c(C(=O)NCCc2ccc(C)c(Cl)c2)/c1=C(/N=C\C)NC1(C)CC1. The molecule has 0 atom stereocenters. The van der Waals surface area contributed by atoms with Gasteiger partial charge in [0, 0.05) is 23.3 Å². The molecular formula is C23H28ClN3O2. The number of furan rings is 1. The lowest BCUT2D eigenvalue weighted by Crippen LogP contribution is -2.39. The van der Waals surface area contributed by atoms with Gasteiger partial charge in [0.15, 0.2) is 0 Å². The van der Waals surface area contributed by atoms with Crippen molar-refractivity contribution >= 4 is 36.1 Å². The predicted molar refractivity (Wildman–Crippen MR) is 119 cm³/mol. The molecule has 1 heterocycles. The van der Waals surface area contributed by atoms with E-state index in [0.29, 0.717) is 40.7 Å². The zero-order valence-corrected chi connectivity index (χ0v) is 18.2. The summed E-state index contributed by atoms with van der Waals surface area (Å²) in [4.78, 5) is 17.5. The van der Waals surface area contributed by atoms with E-state index in [4.69, 9.17) is 16.0 Å². The van der Waals surface area contributed by atoms with Gasteiger partial charge in [-0.15, -0.1) is 0 Å². The number of hydrogen-bond donors (Lipinski definition) is 2. The number of amides is 1. The van der Waals surface area contributed by atoms with E-state index in [0.717, 1.165) is 29.0 Å². The van der Waals surface area contributed by atoms with Crippen molar-refractivity contribution in [1.82, 2.24) is 10.6 Å². The van der Waals surface area contributed by atoms with Crippen LogP contribution in [0.3, 0.4) is 0 Å². The van der Waals surface area contributed by atoms with E-state index < -0.39 is 0 Å². The summed E-state index contributed by atoms with van der Waals surface area (Å²) in [7, 11) is 0. The molecule has 1 aromatic heterocycles. The molecular weight excluding hydrogens is 386 g/mol. The summed E-state index contributed by atoms with van der Waals surface area (Å²) < 4.78 is 5.70. The Labute approximate surface area is 176 Å². The molecule has 0 spiro atoms. The lowest BCUT2D eigenvalue weighted by atomic mass is 10.1. The average Bonchev–Trinajstić information content (AvgIpc) is 3.30. The van der Waals surface area contributed by atoms with Gasteiger partial charge in [0.2, 0.25) is 0 Å². The van der Waals surface area contributed by atoms with E-state index >= 15 is 0 Å². The Morgan fingerprint density at radius 2 is 2.10 bits per heavy atom. The summed E-state index contributed by atoms with van der Waals surface area (Å²) in [6.07, 6.45) is 4.53. The van der Waals surface area contributed by atoms with Crippen LogP contribution < -0.4 is 21.3 Å². The van der Waals surface area contributed by atoms with Gasteiger partial charge in [-0.1, -0.05) is 30.3 Å². The summed E-state index contributed by atoms with van der Waals surface area (Å²) in [5.41, 5.74) is 3.05. The summed E-state index contributed by atoms with van der Waals surface area (Å²) in [5, 5.41) is 7.81. The number of hydrogen-bond acceptors (Lipinski definition) is 4. The van der Waals surface area contributed by atoms with Crippen LogP contribution in [-0.4, -0.2) is 24.2 Å². The van der Waals surface area contributed by atoms with E-state index in [2.05, 4.69) is 29.1 Å². The number of aryl methyl sites for hydroxylation is 2. The van der Waals surface area contributed by atoms with Crippen molar-refractivity contribution in [2.75, 3.05) is 6.54 Å². The molecule has 6 heteroatoms. The highest BCUT2D eigenvalue weighted by Crippen LogP contribution is 2.35. The van der Waals surface area contributed by atoms with Crippen molar-refractivity contribution in [3.05, 3.63) is 56.3 Å². The topological polar surface area (TPSA) is 66.6 Å². The molecule has 0 saturated heterocycles. The molecule has 1 aromatic carbocycles. The standard InChI is InChI=1S/C23H28ClN3O2/c1-6-25-21(27-23(5)10-11-23)19-15(3)29-16(4)20(19)22(28)26-12-9-17-8-7-14(2)18(24)13-17/h6-8,13,27H,3,9-12H2,1-2,4-5H3,(H,26,28)/b21-19-,25-6-. The number of rotatable bonds is 7. The van der Waals surface area contributed by atoms with Crippen LogP contribution >= 0.6 is 11.6 Å². The summed E-state index contributed by atoms with van der Waals surface area (Å²) in [6.45, 7) is 12.2. The molecule has 1 fully saturated rings. The third-order valence-corrected chi connectivity index (χ3v) is 5.64. The number of aliphatic imine (C=N–C) groups is 1. The van der Waals surface area contributed by atoms with Crippen molar-refractivity contribution in [2.45, 2.75) is 52.5 Å². The summed E-state index contributed by atoms with van der Waals surface area (Å²) in [6, 6.07) is 5.95. The van der Waals surface area contributed by atoms with Gasteiger partial charge in [0.05, 0.1) is 10.8 Å². The Hall–Kier alpha value is -2.53. The predicted octanol–water partition coefficient (Wildman–Crippen LogP) is 3.23. The second-order valence-electron chi connectivity index (χ2n) is 7.84. The van der Waals surface area contributed by atoms with E-state index in [1.54, 1.807) is 13.1 Å². The van der Waals surface area contributed by atoms with Crippen molar-refractivity contribution < 1.29 is 9.21 Å². The molecule has 3 rings (SSSR count). The van der Waals surface area contributed by atoms with Crippen molar-refractivity contribution in [2.24, 2.45) is 4.99 Å². The third-order valence-electron chi connectivity index (χ3n) is 5.23. The normalized spacial score (nSPS) is 16.0. The first-order valence-electron chi connectivity index (χ1n) is 9.87. The molecule has 2 N–H and O–H groups in total. The molecule has 2 aromatic rings. The fraction of sp³-hybridized carbons (Fsp3) is 0.391. The van der Waals surface area contributed by atoms with Crippen LogP contribution in [0.4, 0.5) is 0 Å². The maximum atomic E-state index is 13.0. The molecule has 0 bridgehead atoms. The lowest BCUT2D eigenvalue weighted by Gasteiger charge is -2.13. The highest BCUT2D eigenvalue weighted by molar-refractivity contribution is 6.31. The quantitative estimate of drug-likeness (QED) is 0.685. The van der Waals surface area contributed by atoms with Crippen LogP contribution in [0.2, 0.25) is 5.02 Å². The Morgan fingerprint density at radius 1 is 1.38 bits per heavy atom. The van der Waals surface area contributed by atoms with E-state index in [1.165, 1.54) is 0 Å². The van der Waals surface area contributed by atoms with Crippen LogP contribution in [0, 0.1) is 13.8 Å². The van der Waals surface area contributed by atoms with Gasteiger partial charge in [-0.2, -0.15) is 0 Å². The van der Waals surface area contributed by atoms with Crippen molar-refractivity contribution in [1.29, 1.82) is 0 Å². The maximum absolute atomic E-state index is 13.0. The molecule has 0 aliphatic heterocycles. The Kier molecular flexibility index (Phi) is 6.18. The number of carbonyl (C=O) groups excluding carboxylic acids is 1. The van der Waals surface area contributed by atoms with Crippen LogP contribution in [0.15, 0.2) is 27.6 Å². The van der Waals surface area contributed by atoms with Gasteiger partial charge in [-0.25, -0.2) is 4.99 Å². The first-order chi connectivity index (χ1) is 13.7. The minimum Gasteiger partial charge on any atom is -0.461 e. The minimum atomic E-state index is -0.194. The highest BCUT2D eigenvalue weighted by atomic mass is 35.5. The van der Waals surface area contributed by atoms with Gasteiger partial charge < -0.3 is 15.1 Å². The molecule has 0 radical (unpaired) electrons. The molecule has 1 amide bonds. The molecule has 1 saturated carbocycles. The average molecular weight is 414 g/mol. The second kappa shape index (κ2) is 8.46. The fourth-order valence-electron chi connectivity index (χ4n) is 3.21. The fourth-order valence-corrected chi connectivity index (χ4v) is 3.42. The Morgan fingerprint density at radius 3 is 2.72 bits per heavy atom. The van der Waals surface area contributed by atoms with E-state index in [1.807, 2.05) is 32.0 Å². The van der Waals surface area contributed by atoms with Crippen LogP contribution in [-0.2, 0) is 6.42 Å². The first-order valence-corrected chi connectivity index (χ1v) is 10.2. The molecule has 29 heavy (non-hydrogen) atoms. The Balaban J connectivity index is 1.84. The second-order valence-corrected chi connectivity index (χ2v) is 8.25. The maximum Gasteiger partial charge on any atom is 0.255 e. The Bertz CT molecular complexity index is 1060. The number of halogens is 1. The number of benzene rings is 1. The number of nitrogens with one attached hydrogen (secondary N) is 2. The number of nitrogens with zero attached hydrogens (tertiary/aromatic N) is 1. The smallest absolute Gasteiger partial charge is 0.255 e. The van der Waals surface area contributed by atoms with Crippen LogP contribution in [0.25, 0.3) is 12.4 Å². The van der Waals surface area contributed by atoms with Crippen LogP contribution in [0.5, 0.6) is 0 Å². The van der Waals surface area contributed by atoms with Gasteiger partial charge in [-0.05, 0) is 64.2 Å². The molecule has 0 unspecified atom stereocenters. The van der Waals surface area contributed by atoms with Gasteiger partial charge >= 0.3 is 0 Å². The minimum absolute atomic E-state index is 0.0118. The largest absolute Gasteiger partial charge is 0.461 e. The lowest BCUT2D eigenvalue weighted by molar-refractivity contribution is 0.0951. The van der Waals surface area contributed by atoms with Gasteiger partial charge in [0.25, 0.3) is 5.91 Å². The third kappa shape index (κ3) is 4.91. The van der Waals surface area contributed by atoms with Gasteiger partial charge in [-0.3, -0.25) is 4.79 Å². The monoisotopic (exact) mass is 413 g/mol. The van der Waals surface area contributed by atoms with E-state index in [9.17, 15) is 4.79 Å². The molecule has 5 nitrogen and oxygen atoms in total. The summed E-state index contributed by atoms with van der Waals surface area (Å²) >= 11 is 6.19. The molecule has 1 aliphatic rings. The number of carbonyl (C=O) groups is 1. The van der Waals surface area contributed by atoms with Crippen LogP contribution in [0.1, 0.15) is 53.9 Å². The molecule has 154 valence electrons. The van der Waals surface area contributed by atoms with E-state index in [-0.39, 0.29) is 11.4 Å². The van der Waals surface area contributed by atoms with Crippen molar-refractivity contribution in [3.63, 3.8) is 0 Å². The van der Waals surface area contributed by atoms with Gasteiger partial charge in [0.1, 0.15) is 17.0 Å². The molecule has 1 aliphatic carbocycles. The highest BCUT2D eigenvalue weighted by Gasteiger charge is 2.38.